The highest BCUT2D eigenvalue weighted by atomic mass is 19.1. The van der Waals surface area contributed by atoms with E-state index in [9.17, 15) is 9.18 Å². The van der Waals surface area contributed by atoms with Gasteiger partial charge >= 0.3 is 0 Å². The minimum absolute atomic E-state index is 0.298. The third kappa shape index (κ3) is 3.11. The monoisotopic (exact) mass is 265 g/mol. The molecule has 0 spiro atoms. The first kappa shape index (κ1) is 14.0. The molecule has 1 heterocycles. The smallest absolute Gasteiger partial charge is 0.248 e. The summed E-state index contributed by atoms with van der Waals surface area (Å²) in [5.74, 6) is -0.360. The first-order valence-electron chi connectivity index (χ1n) is 6.53. The number of benzene rings is 1. The number of nitrogens with zero attached hydrogens (tertiary/aromatic N) is 1. The average molecular weight is 265 g/mol. The number of likely N-dealkylation sites (tertiary alicyclic amines) is 1. The number of halogens is 1. The van der Waals surface area contributed by atoms with E-state index in [0.29, 0.717) is 36.2 Å². The molecule has 2 rings (SSSR count). The van der Waals surface area contributed by atoms with Crippen molar-refractivity contribution in [1.29, 1.82) is 0 Å². The predicted octanol–water partition coefficient (Wildman–Crippen LogP) is 1.09. The Hall–Kier alpha value is -1.46. The maximum atomic E-state index is 13.8. The van der Waals surface area contributed by atoms with Crippen molar-refractivity contribution in [1.82, 2.24) is 4.90 Å². The highest BCUT2D eigenvalue weighted by Crippen LogP contribution is 2.25. The number of primary amides is 1. The molecule has 1 saturated heterocycles. The number of rotatable bonds is 4. The van der Waals surface area contributed by atoms with Crippen molar-refractivity contribution in [3.63, 3.8) is 0 Å². The lowest BCUT2D eigenvalue weighted by molar-refractivity contribution is 0.1000. The largest absolute Gasteiger partial charge is 0.366 e. The van der Waals surface area contributed by atoms with Gasteiger partial charge in [-0.25, -0.2) is 4.39 Å². The number of amides is 1. The minimum Gasteiger partial charge on any atom is -0.366 e. The fraction of sp³-hybridized carbons (Fsp3) is 0.500. The van der Waals surface area contributed by atoms with E-state index in [-0.39, 0.29) is 5.82 Å². The van der Waals surface area contributed by atoms with Gasteiger partial charge in [-0.3, -0.25) is 9.69 Å². The van der Waals surface area contributed by atoms with Crippen LogP contribution in [0.5, 0.6) is 0 Å². The first-order chi connectivity index (χ1) is 9.01. The van der Waals surface area contributed by atoms with Gasteiger partial charge < -0.3 is 11.5 Å². The van der Waals surface area contributed by atoms with Crippen LogP contribution in [0.25, 0.3) is 0 Å². The molecule has 0 aliphatic carbocycles. The van der Waals surface area contributed by atoms with Gasteiger partial charge in [-0.15, -0.1) is 0 Å². The zero-order valence-electron chi connectivity index (χ0n) is 11.1. The van der Waals surface area contributed by atoms with Crippen LogP contribution in [0, 0.1) is 11.7 Å². The summed E-state index contributed by atoms with van der Waals surface area (Å²) in [6.07, 6.45) is 1.04. The van der Waals surface area contributed by atoms with Crippen molar-refractivity contribution < 1.29 is 9.18 Å². The number of hydrogen-bond acceptors (Lipinski definition) is 3. The molecule has 1 aromatic carbocycles. The van der Waals surface area contributed by atoms with Crippen molar-refractivity contribution in [3.8, 4) is 0 Å². The highest BCUT2D eigenvalue weighted by molar-refractivity contribution is 5.92. The SMILES string of the molecule is CC1CC(CN)CN1Cc1cc(C(N)=O)ccc1F. The van der Waals surface area contributed by atoms with Gasteiger partial charge in [0.25, 0.3) is 0 Å². The third-order valence-electron chi connectivity index (χ3n) is 3.83. The second-order valence-electron chi connectivity index (χ2n) is 5.29. The van der Waals surface area contributed by atoms with Crippen molar-refractivity contribution in [2.75, 3.05) is 13.1 Å². The van der Waals surface area contributed by atoms with Gasteiger partial charge in [0.2, 0.25) is 5.91 Å². The summed E-state index contributed by atoms with van der Waals surface area (Å²) in [6, 6.07) is 4.64. The van der Waals surface area contributed by atoms with E-state index in [2.05, 4.69) is 11.8 Å². The Labute approximate surface area is 112 Å². The van der Waals surface area contributed by atoms with Gasteiger partial charge in [0, 0.05) is 30.3 Å². The summed E-state index contributed by atoms with van der Waals surface area (Å²) < 4.78 is 13.8. The number of carbonyl (C=O) groups excluding carboxylic acids is 1. The van der Waals surface area contributed by atoms with Gasteiger partial charge in [0.15, 0.2) is 0 Å². The topological polar surface area (TPSA) is 72.3 Å². The molecule has 2 unspecified atom stereocenters. The fourth-order valence-corrected chi connectivity index (χ4v) is 2.68. The van der Waals surface area contributed by atoms with Crippen LogP contribution in [0.1, 0.15) is 29.3 Å². The summed E-state index contributed by atoms with van der Waals surface area (Å²) in [5, 5.41) is 0. The molecule has 104 valence electrons. The molecule has 1 amide bonds. The van der Waals surface area contributed by atoms with Gasteiger partial charge in [0.1, 0.15) is 5.82 Å². The first-order valence-corrected chi connectivity index (χ1v) is 6.53. The molecule has 0 bridgehead atoms. The molecule has 1 aromatic rings. The van der Waals surface area contributed by atoms with Gasteiger partial charge in [-0.2, -0.15) is 0 Å². The Morgan fingerprint density at radius 2 is 2.26 bits per heavy atom. The Balaban J connectivity index is 2.14. The molecule has 0 radical (unpaired) electrons. The Bertz CT molecular complexity index is 478. The zero-order valence-corrected chi connectivity index (χ0v) is 11.1. The quantitative estimate of drug-likeness (QED) is 0.856. The number of hydrogen-bond donors (Lipinski definition) is 2. The van der Waals surface area contributed by atoms with Crippen molar-refractivity contribution in [2.24, 2.45) is 17.4 Å². The number of nitrogens with two attached hydrogens (primary N) is 2. The van der Waals surface area contributed by atoms with Crippen LogP contribution in [0.2, 0.25) is 0 Å². The Morgan fingerprint density at radius 3 is 2.84 bits per heavy atom. The van der Waals surface area contributed by atoms with Crippen LogP contribution in [0.15, 0.2) is 18.2 Å². The summed E-state index contributed by atoms with van der Waals surface area (Å²) >= 11 is 0. The highest BCUT2D eigenvalue weighted by Gasteiger charge is 2.28. The fourth-order valence-electron chi connectivity index (χ4n) is 2.68. The Kier molecular flexibility index (Phi) is 4.17. The average Bonchev–Trinajstić information content (AvgIpc) is 2.72. The van der Waals surface area contributed by atoms with E-state index >= 15 is 0 Å². The van der Waals surface area contributed by atoms with Crippen LogP contribution in [0.3, 0.4) is 0 Å². The summed E-state index contributed by atoms with van der Waals surface area (Å²) in [6.45, 7) is 4.14. The summed E-state index contributed by atoms with van der Waals surface area (Å²) in [5.41, 5.74) is 11.8. The zero-order chi connectivity index (χ0) is 14.0. The second kappa shape index (κ2) is 5.67. The Morgan fingerprint density at radius 1 is 1.53 bits per heavy atom. The molecule has 5 heteroatoms. The molecular formula is C14H20FN3O. The molecule has 1 aliphatic heterocycles. The molecule has 1 fully saturated rings. The molecule has 1 aliphatic rings. The van der Waals surface area contributed by atoms with E-state index in [1.165, 1.54) is 12.1 Å². The van der Waals surface area contributed by atoms with E-state index in [0.717, 1.165) is 13.0 Å². The molecule has 4 nitrogen and oxygen atoms in total. The van der Waals surface area contributed by atoms with Gasteiger partial charge in [0.05, 0.1) is 0 Å². The van der Waals surface area contributed by atoms with E-state index in [1.807, 2.05) is 0 Å². The van der Waals surface area contributed by atoms with Gasteiger partial charge in [-0.05, 0) is 44.0 Å². The van der Waals surface area contributed by atoms with Crippen molar-refractivity contribution >= 4 is 5.91 Å². The van der Waals surface area contributed by atoms with Gasteiger partial charge in [-0.1, -0.05) is 0 Å². The third-order valence-corrected chi connectivity index (χ3v) is 3.83. The predicted molar refractivity (Wildman–Crippen MR) is 72.0 cm³/mol. The molecule has 2 atom stereocenters. The van der Waals surface area contributed by atoms with Crippen LogP contribution in [0.4, 0.5) is 4.39 Å². The maximum Gasteiger partial charge on any atom is 0.248 e. The van der Waals surface area contributed by atoms with Crippen molar-refractivity contribution in [2.45, 2.75) is 25.9 Å². The molecule has 0 aromatic heterocycles. The van der Waals surface area contributed by atoms with Crippen LogP contribution in [-0.4, -0.2) is 29.9 Å². The lowest BCUT2D eigenvalue weighted by Crippen LogP contribution is -2.28. The van der Waals surface area contributed by atoms with Crippen LogP contribution in [-0.2, 0) is 6.54 Å². The minimum atomic E-state index is -0.532. The molecule has 19 heavy (non-hydrogen) atoms. The van der Waals surface area contributed by atoms with E-state index < -0.39 is 5.91 Å². The normalized spacial score (nSPS) is 23.7. The standard InChI is InChI=1S/C14H20FN3O/c1-9-4-10(6-16)7-18(9)8-12-5-11(14(17)19)2-3-13(12)15/h2-3,5,9-10H,4,6-8,16H2,1H3,(H2,17,19). The summed E-state index contributed by atoms with van der Waals surface area (Å²) in [7, 11) is 0. The molecular weight excluding hydrogens is 245 g/mol. The summed E-state index contributed by atoms with van der Waals surface area (Å²) in [4.78, 5) is 13.3. The number of carbonyl (C=O) groups is 1. The maximum absolute atomic E-state index is 13.8. The molecule has 0 saturated carbocycles. The second-order valence-corrected chi connectivity index (χ2v) is 5.29. The van der Waals surface area contributed by atoms with Crippen molar-refractivity contribution in [3.05, 3.63) is 35.1 Å². The lowest BCUT2D eigenvalue weighted by atomic mass is 10.1. The lowest BCUT2D eigenvalue weighted by Gasteiger charge is -2.21. The van der Waals surface area contributed by atoms with E-state index in [4.69, 9.17) is 11.5 Å². The van der Waals surface area contributed by atoms with Crippen LogP contribution >= 0.6 is 0 Å². The van der Waals surface area contributed by atoms with E-state index in [1.54, 1.807) is 6.07 Å². The molecule has 4 N–H and O–H groups in total. The van der Waals surface area contributed by atoms with Crippen LogP contribution < -0.4 is 11.5 Å².